The largest absolute Gasteiger partial charge is 0.460 e. The van der Waals surface area contributed by atoms with E-state index in [1.807, 2.05) is 0 Å². The highest BCUT2D eigenvalue weighted by atomic mass is 35.5. The number of ether oxygens (including phenoxy) is 3. The van der Waals surface area contributed by atoms with E-state index in [4.69, 9.17) is 21.1 Å². The lowest BCUT2D eigenvalue weighted by Crippen LogP contribution is -2.30. The van der Waals surface area contributed by atoms with Gasteiger partial charge in [-0.1, -0.05) is 6.58 Å². The van der Waals surface area contributed by atoms with Gasteiger partial charge in [-0.25, -0.2) is 4.79 Å². The molecule has 0 rings (SSSR count). The van der Waals surface area contributed by atoms with Gasteiger partial charge in [0.05, 0.1) is 25.5 Å². The van der Waals surface area contributed by atoms with Crippen LogP contribution in [0.5, 0.6) is 0 Å². The molecule has 0 aromatic rings. The van der Waals surface area contributed by atoms with Gasteiger partial charge in [0, 0.05) is 6.08 Å². The van der Waals surface area contributed by atoms with E-state index in [0.717, 1.165) is 6.08 Å². The van der Waals surface area contributed by atoms with Crippen molar-refractivity contribution >= 4 is 23.5 Å². The zero-order chi connectivity index (χ0) is 14.0. The molecule has 0 amide bonds. The van der Waals surface area contributed by atoms with E-state index in [2.05, 4.69) is 11.3 Å². The summed E-state index contributed by atoms with van der Waals surface area (Å²) in [4.78, 5) is 22.0. The van der Waals surface area contributed by atoms with Crippen molar-refractivity contribution in [2.75, 3.05) is 25.7 Å². The molecule has 0 heterocycles. The molecule has 0 saturated heterocycles. The van der Waals surface area contributed by atoms with Crippen LogP contribution >= 0.6 is 11.6 Å². The Balaban J connectivity index is 3.52. The maximum Gasteiger partial charge on any atom is 0.330 e. The first-order chi connectivity index (χ1) is 8.41. The molecule has 18 heavy (non-hydrogen) atoms. The molecule has 104 valence electrons. The molecular weight excluding hydrogens is 260 g/mol. The van der Waals surface area contributed by atoms with Gasteiger partial charge in [0.15, 0.2) is 0 Å². The Morgan fingerprint density at radius 3 is 2.50 bits per heavy atom. The Morgan fingerprint density at radius 1 is 1.28 bits per heavy atom. The third-order valence-corrected chi connectivity index (χ3v) is 2.44. The molecule has 6 heteroatoms. The van der Waals surface area contributed by atoms with Gasteiger partial charge in [-0.15, -0.1) is 11.6 Å². The number of hydrogen-bond donors (Lipinski definition) is 0. The number of rotatable bonds is 9. The second-order valence-corrected chi connectivity index (χ2v) is 4.37. The molecule has 0 bridgehead atoms. The molecule has 0 aliphatic carbocycles. The van der Waals surface area contributed by atoms with E-state index in [1.165, 1.54) is 0 Å². The standard InChI is InChI=1S/C12H19ClO5/c1-4-10(14)17-8-7-16-6-5-11(15)18-12(2,3)9-13/h4H,1,5-9H2,2-3H3. The highest BCUT2D eigenvalue weighted by Crippen LogP contribution is 2.12. The van der Waals surface area contributed by atoms with Crippen molar-refractivity contribution in [3.8, 4) is 0 Å². The van der Waals surface area contributed by atoms with E-state index in [0.29, 0.717) is 0 Å². The SMILES string of the molecule is C=CC(=O)OCCOCCC(=O)OC(C)(C)CCl. The highest BCUT2D eigenvalue weighted by molar-refractivity contribution is 6.18. The smallest absolute Gasteiger partial charge is 0.330 e. The van der Waals surface area contributed by atoms with Crippen LogP contribution in [-0.2, 0) is 23.8 Å². The van der Waals surface area contributed by atoms with Crippen molar-refractivity contribution in [2.45, 2.75) is 25.9 Å². The molecule has 0 aliphatic heterocycles. The third kappa shape index (κ3) is 9.01. The van der Waals surface area contributed by atoms with Gasteiger partial charge in [0.1, 0.15) is 12.2 Å². The fourth-order valence-electron chi connectivity index (χ4n) is 0.904. The van der Waals surface area contributed by atoms with Crippen molar-refractivity contribution < 1.29 is 23.8 Å². The van der Waals surface area contributed by atoms with E-state index in [9.17, 15) is 9.59 Å². The van der Waals surface area contributed by atoms with Crippen LogP contribution in [-0.4, -0.2) is 43.2 Å². The Morgan fingerprint density at radius 2 is 1.94 bits per heavy atom. The molecule has 0 aromatic heterocycles. The van der Waals surface area contributed by atoms with E-state index < -0.39 is 11.6 Å². The van der Waals surface area contributed by atoms with Crippen molar-refractivity contribution in [1.82, 2.24) is 0 Å². The monoisotopic (exact) mass is 278 g/mol. The van der Waals surface area contributed by atoms with Crippen LogP contribution in [0.15, 0.2) is 12.7 Å². The molecule has 0 fully saturated rings. The van der Waals surface area contributed by atoms with Crippen molar-refractivity contribution in [1.29, 1.82) is 0 Å². The lowest BCUT2D eigenvalue weighted by molar-refractivity contribution is -0.156. The summed E-state index contributed by atoms with van der Waals surface area (Å²) in [6.07, 6.45) is 1.21. The number of esters is 2. The topological polar surface area (TPSA) is 61.8 Å². The molecule has 0 aromatic carbocycles. The molecular formula is C12H19ClO5. The lowest BCUT2D eigenvalue weighted by atomic mass is 10.2. The van der Waals surface area contributed by atoms with Crippen LogP contribution in [0, 0.1) is 0 Å². The zero-order valence-corrected chi connectivity index (χ0v) is 11.5. The quantitative estimate of drug-likeness (QED) is 0.278. The van der Waals surface area contributed by atoms with E-state index >= 15 is 0 Å². The minimum Gasteiger partial charge on any atom is -0.460 e. The molecule has 0 saturated carbocycles. The molecule has 0 spiro atoms. The predicted octanol–water partition coefficient (Wildman–Crippen LogP) is 1.68. The van der Waals surface area contributed by atoms with Gasteiger partial charge in [-0.05, 0) is 13.8 Å². The van der Waals surface area contributed by atoms with Crippen LogP contribution < -0.4 is 0 Å². The van der Waals surface area contributed by atoms with Gasteiger partial charge < -0.3 is 14.2 Å². The summed E-state index contributed by atoms with van der Waals surface area (Å²) in [5, 5.41) is 0. The van der Waals surface area contributed by atoms with Gasteiger partial charge in [0.2, 0.25) is 0 Å². The average Bonchev–Trinajstić information content (AvgIpc) is 2.32. The van der Waals surface area contributed by atoms with Crippen LogP contribution in [0.2, 0.25) is 0 Å². The summed E-state index contributed by atoms with van der Waals surface area (Å²) >= 11 is 5.62. The van der Waals surface area contributed by atoms with Crippen LogP contribution in [0.1, 0.15) is 20.3 Å². The Labute approximate surface area is 112 Å². The first-order valence-electron chi connectivity index (χ1n) is 5.56. The molecule has 0 N–H and O–H groups in total. The highest BCUT2D eigenvalue weighted by Gasteiger charge is 2.21. The van der Waals surface area contributed by atoms with Crippen molar-refractivity contribution in [2.24, 2.45) is 0 Å². The van der Waals surface area contributed by atoms with Gasteiger partial charge in [-0.2, -0.15) is 0 Å². The Kier molecular flexibility index (Phi) is 8.41. The minimum absolute atomic E-state index is 0.132. The summed E-state index contributed by atoms with van der Waals surface area (Å²) in [6, 6.07) is 0. The first kappa shape index (κ1) is 16.9. The zero-order valence-electron chi connectivity index (χ0n) is 10.7. The Bertz CT molecular complexity index is 288. The maximum absolute atomic E-state index is 11.3. The van der Waals surface area contributed by atoms with Gasteiger partial charge >= 0.3 is 11.9 Å². The van der Waals surface area contributed by atoms with Crippen LogP contribution in [0.4, 0.5) is 0 Å². The number of alkyl halides is 1. The number of halogens is 1. The molecule has 0 atom stereocenters. The predicted molar refractivity (Wildman–Crippen MR) is 67.5 cm³/mol. The van der Waals surface area contributed by atoms with Gasteiger partial charge in [0.25, 0.3) is 0 Å². The minimum atomic E-state index is -0.669. The summed E-state index contributed by atoms with van der Waals surface area (Å²) in [6.45, 7) is 7.28. The van der Waals surface area contributed by atoms with Crippen LogP contribution in [0.3, 0.4) is 0 Å². The fourth-order valence-corrected chi connectivity index (χ4v) is 0.959. The number of carbonyl (C=O) groups excluding carboxylic acids is 2. The number of hydrogen-bond acceptors (Lipinski definition) is 5. The van der Waals surface area contributed by atoms with Crippen LogP contribution in [0.25, 0.3) is 0 Å². The molecule has 0 aliphatic rings. The average molecular weight is 279 g/mol. The maximum atomic E-state index is 11.3. The number of carbonyl (C=O) groups is 2. The Hall–Kier alpha value is -1.07. The first-order valence-corrected chi connectivity index (χ1v) is 6.09. The van der Waals surface area contributed by atoms with Crippen molar-refractivity contribution in [3.63, 3.8) is 0 Å². The van der Waals surface area contributed by atoms with E-state index in [-0.39, 0.29) is 38.1 Å². The third-order valence-electron chi connectivity index (χ3n) is 1.80. The van der Waals surface area contributed by atoms with E-state index in [1.54, 1.807) is 13.8 Å². The van der Waals surface area contributed by atoms with Gasteiger partial charge in [-0.3, -0.25) is 4.79 Å². The molecule has 5 nitrogen and oxygen atoms in total. The molecule has 0 radical (unpaired) electrons. The summed E-state index contributed by atoms with van der Waals surface area (Å²) in [5.74, 6) is -0.637. The second-order valence-electron chi connectivity index (χ2n) is 4.10. The summed E-state index contributed by atoms with van der Waals surface area (Å²) in [7, 11) is 0. The summed E-state index contributed by atoms with van der Waals surface area (Å²) in [5.41, 5.74) is -0.669. The van der Waals surface area contributed by atoms with Crippen molar-refractivity contribution in [3.05, 3.63) is 12.7 Å². The normalized spacial score (nSPS) is 10.8. The molecule has 0 unspecified atom stereocenters. The lowest BCUT2D eigenvalue weighted by Gasteiger charge is -2.22. The summed E-state index contributed by atoms with van der Waals surface area (Å²) < 4.78 is 14.9. The second kappa shape index (κ2) is 8.94. The fraction of sp³-hybridized carbons (Fsp3) is 0.667.